The second kappa shape index (κ2) is 2.63. The van der Waals surface area contributed by atoms with Crippen LogP contribution in [-0.2, 0) is 11.2 Å². The monoisotopic (exact) mass is 161 g/mol. The molecule has 0 aliphatic carbocycles. The predicted octanol–water partition coefficient (Wildman–Crippen LogP) is 1.51. The van der Waals surface area contributed by atoms with Crippen LogP contribution in [-0.4, -0.2) is 13.0 Å². The van der Waals surface area contributed by atoms with Gasteiger partial charge in [0, 0.05) is 12.2 Å². The van der Waals surface area contributed by atoms with E-state index in [1.165, 1.54) is 11.1 Å². The van der Waals surface area contributed by atoms with Crippen LogP contribution in [0, 0.1) is 6.92 Å². The first kappa shape index (κ1) is 7.35. The van der Waals surface area contributed by atoms with Crippen LogP contribution >= 0.6 is 0 Å². The summed E-state index contributed by atoms with van der Waals surface area (Å²) in [7, 11) is 0. The van der Waals surface area contributed by atoms with Gasteiger partial charge in [-0.25, -0.2) is 0 Å². The zero-order chi connectivity index (χ0) is 8.55. The fourth-order valence-electron chi connectivity index (χ4n) is 1.74. The maximum Gasteiger partial charge on any atom is 0.214 e. The van der Waals surface area contributed by atoms with Gasteiger partial charge in [0.1, 0.15) is 0 Å². The van der Waals surface area contributed by atoms with Gasteiger partial charge < -0.3 is 4.90 Å². The van der Waals surface area contributed by atoms with Gasteiger partial charge in [-0.2, -0.15) is 0 Å². The first-order valence-electron chi connectivity index (χ1n) is 4.13. The molecule has 1 aliphatic heterocycles. The van der Waals surface area contributed by atoms with E-state index in [1.54, 1.807) is 4.90 Å². The van der Waals surface area contributed by atoms with Gasteiger partial charge >= 0.3 is 0 Å². The van der Waals surface area contributed by atoms with Crippen molar-refractivity contribution in [3.05, 3.63) is 29.3 Å². The average Bonchev–Trinajstić information content (AvgIpc) is 2.49. The van der Waals surface area contributed by atoms with Gasteiger partial charge in [0.25, 0.3) is 0 Å². The standard InChI is InChI=1S/C10H11NO/c1-8-3-2-4-10-9(8)5-6-11(10)7-12/h2-4,7H,5-6H2,1H3. The van der Waals surface area contributed by atoms with Crippen LogP contribution in [0.1, 0.15) is 11.1 Å². The Kier molecular flexibility index (Phi) is 1.61. The van der Waals surface area contributed by atoms with E-state index < -0.39 is 0 Å². The normalized spacial score (nSPS) is 14.6. The molecule has 0 fully saturated rings. The molecule has 0 radical (unpaired) electrons. The minimum atomic E-state index is 0.837. The molecule has 1 amide bonds. The van der Waals surface area contributed by atoms with Gasteiger partial charge in [-0.1, -0.05) is 12.1 Å². The topological polar surface area (TPSA) is 20.3 Å². The third-order valence-corrected chi connectivity index (χ3v) is 2.42. The molecular weight excluding hydrogens is 150 g/mol. The van der Waals surface area contributed by atoms with Crippen molar-refractivity contribution in [2.24, 2.45) is 0 Å². The summed E-state index contributed by atoms with van der Waals surface area (Å²) in [5.74, 6) is 0. The SMILES string of the molecule is Cc1cccc2c1CCN2C=O. The van der Waals surface area contributed by atoms with E-state index >= 15 is 0 Å². The van der Waals surface area contributed by atoms with Gasteiger partial charge in [-0.15, -0.1) is 0 Å². The summed E-state index contributed by atoms with van der Waals surface area (Å²) >= 11 is 0. The molecule has 62 valence electrons. The van der Waals surface area contributed by atoms with Crippen molar-refractivity contribution in [2.75, 3.05) is 11.4 Å². The molecule has 0 saturated carbocycles. The number of benzene rings is 1. The van der Waals surface area contributed by atoms with Gasteiger partial charge in [-0.05, 0) is 30.5 Å². The smallest absolute Gasteiger partial charge is 0.214 e. The lowest BCUT2D eigenvalue weighted by molar-refractivity contribution is -0.107. The summed E-state index contributed by atoms with van der Waals surface area (Å²) in [5, 5.41) is 0. The summed E-state index contributed by atoms with van der Waals surface area (Å²) in [5.41, 5.74) is 3.70. The second-order valence-electron chi connectivity index (χ2n) is 3.12. The van der Waals surface area contributed by atoms with Gasteiger partial charge in [0.15, 0.2) is 0 Å². The molecule has 0 bridgehead atoms. The Labute approximate surface area is 71.8 Å². The molecular formula is C10H11NO. The van der Waals surface area contributed by atoms with Crippen LogP contribution in [0.2, 0.25) is 0 Å². The third kappa shape index (κ3) is 0.916. The summed E-state index contributed by atoms with van der Waals surface area (Å²) in [6.07, 6.45) is 1.91. The number of fused-ring (bicyclic) bond motifs is 1. The lowest BCUT2D eigenvalue weighted by Crippen LogP contribution is -2.17. The molecule has 12 heavy (non-hydrogen) atoms. The maximum atomic E-state index is 10.6. The molecule has 1 aliphatic rings. The lowest BCUT2D eigenvalue weighted by atomic mass is 10.1. The number of amides is 1. The molecule has 2 nitrogen and oxygen atoms in total. The first-order chi connectivity index (χ1) is 5.83. The Bertz CT molecular complexity index is 320. The zero-order valence-corrected chi connectivity index (χ0v) is 7.08. The van der Waals surface area contributed by atoms with Crippen molar-refractivity contribution in [1.29, 1.82) is 0 Å². The van der Waals surface area contributed by atoms with Gasteiger partial charge in [0.05, 0.1) is 0 Å². The number of hydrogen-bond acceptors (Lipinski definition) is 1. The van der Waals surface area contributed by atoms with E-state index in [4.69, 9.17) is 0 Å². The maximum absolute atomic E-state index is 10.6. The summed E-state index contributed by atoms with van der Waals surface area (Å²) < 4.78 is 0. The Balaban J connectivity index is 2.52. The average molecular weight is 161 g/mol. The fraction of sp³-hybridized carbons (Fsp3) is 0.300. The molecule has 2 rings (SSSR count). The van der Waals surface area contributed by atoms with Crippen molar-refractivity contribution in [2.45, 2.75) is 13.3 Å². The molecule has 0 spiro atoms. The zero-order valence-electron chi connectivity index (χ0n) is 7.08. The highest BCUT2D eigenvalue weighted by atomic mass is 16.1. The molecule has 0 aromatic heterocycles. The van der Waals surface area contributed by atoms with E-state index in [1.807, 2.05) is 12.1 Å². The number of anilines is 1. The molecule has 0 saturated heterocycles. The minimum absolute atomic E-state index is 0.837. The molecule has 1 aromatic rings. The quantitative estimate of drug-likeness (QED) is 0.572. The minimum Gasteiger partial charge on any atom is -0.314 e. The van der Waals surface area contributed by atoms with Crippen molar-refractivity contribution in [3.8, 4) is 0 Å². The highest BCUT2D eigenvalue weighted by Crippen LogP contribution is 2.28. The Hall–Kier alpha value is -1.31. The van der Waals surface area contributed by atoms with Crippen molar-refractivity contribution >= 4 is 12.1 Å². The Morgan fingerprint density at radius 1 is 1.50 bits per heavy atom. The van der Waals surface area contributed by atoms with E-state index in [-0.39, 0.29) is 0 Å². The van der Waals surface area contributed by atoms with E-state index in [9.17, 15) is 4.79 Å². The van der Waals surface area contributed by atoms with Crippen LogP contribution in [0.15, 0.2) is 18.2 Å². The molecule has 1 aromatic carbocycles. The summed E-state index contributed by atoms with van der Waals surface area (Å²) in [6.45, 7) is 2.93. The highest BCUT2D eigenvalue weighted by molar-refractivity contribution is 5.80. The van der Waals surface area contributed by atoms with Crippen LogP contribution in [0.5, 0.6) is 0 Å². The van der Waals surface area contributed by atoms with Crippen molar-refractivity contribution < 1.29 is 4.79 Å². The lowest BCUT2D eigenvalue weighted by Gasteiger charge is -2.09. The van der Waals surface area contributed by atoms with Gasteiger partial charge in [0.2, 0.25) is 6.41 Å². The first-order valence-corrected chi connectivity index (χ1v) is 4.13. The Morgan fingerprint density at radius 3 is 3.08 bits per heavy atom. The molecule has 0 atom stereocenters. The number of aryl methyl sites for hydroxylation is 1. The molecule has 0 unspecified atom stereocenters. The number of rotatable bonds is 1. The van der Waals surface area contributed by atoms with Crippen LogP contribution in [0.4, 0.5) is 5.69 Å². The number of carbonyl (C=O) groups excluding carboxylic acids is 1. The van der Waals surface area contributed by atoms with E-state index in [0.29, 0.717) is 0 Å². The van der Waals surface area contributed by atoms with Gasteiger partial charge in [-0.3, -0.25) is 4.79 Å². The summed E-state index contributed by atoms with van der Waals surface area (Å²) in [4.78, 5) is 12.4. The number of hydrogen-bond donors (Lipinski definition) is 0. The second-order valence-corrected chi connectivity index (χ2v) is 3.12. The third-order valence-electron chi connectivity index (χ3n) is 2.42. The van der Waals surface area contributed by atoms with Crippen LogP contribution in [0.3, 0.4) is 0 Å². The van der Waals surface area contributed by atoms with Crippen LogP contribution < -0.4 is 4.90 Å². The highest BCUT2D eigenvalue weighted by Gasteiger charge is 2.18. The number of nitrogens with zero attached hydrogens (tertiary/aromatic N) is 1. The molecule has 0 N–H and O–H groups in total. The molecule has 1 heterocycles. The fourth-order valence-corrected chi connectivity index (χ4v) is 1.74. The van der Waals surface area contributed by atoms with Crippen molar-refractivity contribution in [1.82, 2.24) is 0 Å². The molecule has 2 heteroatoms. The predicted molar refractivity (Wildman–Crippen MR) is 48.3 cm³/mol. The van der Waals surface area contributed by atoms with E-state index in [2.05, 4.69) is 13.0 Å². The Morgan fingerprint density at radius 2 is 2.33 bits per heavy atom. The number of carbonyl (C=O) groups is 1. The van der Waals surface area contributed by atoms with Crippen molar-refractivity contribution in [3.63, 3.8) is 0 Å². The van der Waals surface area contributed by atoms with Crippen LogP contribution in [0.25, 0.3) is 0 Å². The largest absolute Gasteiger partial charge is 0.314 e. The van der Waals surface area contributed by atoms with E-state index in [0.717, 1.165) is 25.1 Å². The summed E-state index contributed by atoms with van der Waals surface area (Å²) in [6, 6.07) is 6.09.